The van der Waals surface area contributed by atoms with E-state index in [1.165, 1.54) is 19.3 Å². The van der Waals surface area contributed by atoms with Crippen LogP contribution in [0.2, 0.25) is 0 Å². The molecule has 7 heteroatoms. The van der Waals surface area contributed by atoms with Gasteiger partial charge in [-0.2, -0.15) is 0 Å². The van der Waals surface area contributed by atoms with Gasteiger partial charge >= 0.3 is 17.1 Å². The van der Waals surface area contributed by atoms with Crippen molar-refractivity contribution in [3.8, 4) is 0 Å². The van der Waals surface area contributed by atoms with Gasteiger partial charge in [-0.15, -0.1) is 0 Å². The quantitative estimate of drug-likeness (QED) is 0.180. The number of carbonyl (C=O) groups is 6. The molecule has 0 aromatic rings. The Bertz CT molecular complexity index is 693. The molecule has 0 spiro atoms. The zero-order valence-electron chi connectivity index (χ0n) is 28.6. The summed E-state index contributed by atoms with van der Waals surface area (Å²) in [5, 5.41) is 0. The van der Waals surface area contributed by atoms with E-state index >= 15 is 0 Å². The van der Waals surface area contributed by atoms with Crippen molar-refractivity contribution in [1.82, 2.24) is 0 Å². The molecule has 0 saturated carbocycles. The Labute approximate surface area is 256 Å². The predicted octanol–water partition coefficient (Wildman–Crippen LogP) is 7.26. The molecule has 6 nitrogen and oxygen atoms in total. The van der Waals surface area contributed by atoms with Gasteiger partial charge in [0.2, 0.25) is 0 Å². The zero-order valence-corrected chi connectivity index (χ0v) is 29.7. The Morgan fingerprint density at radius 2 is 0.350 bits per heavy atom. The first-order valence-corrected chi connectivity index (χ1v) is 13.5. The molecule has 0 aromatic carbocycles. The molecule has 40 heavy (non-hydrogen) atoms. The fourth-order valence-corrected chi connectivity index (χ4v) is 1.66. The number of hydrogen-bond donors (Lipinski definition) is 0. The summed E-state index contributed by atoms with van der Waals surface area (Å²) >= 11 is 0. The Morgan fingerprint density at radius 1 is 0.275 bits per heavy atom. The molecule has 0 bridgehead atoms. The minimum atomic E-state index is -0.457. The molecule has 0 fully saturated rings. The van der Waals surface area contributed by atoms with Crippen molar-refractivity contribution in [2.75, 3.05) is 0 Å². The smallest absolute Gasteiger partial charge is 0.333 e. The van der Waals surface area contributed by atoms with Crippen LogP contribution in [0.5, 0.6) is 0 Å². The second kappa shape index (κ2) is 16.0. The van der Waals surface area contributed by atoms with Crippen LogP contribution in [0, 0.1) is 51.8 Å². The Balaban J connectivity index is -0.000000240. The maximum atomic E-state index is 11.4. The molecule has 0 N–H and O–H groups in total. The van der Waals surface area contributed by atoms with Crippen molar-refractivity contribution in [3.63, 3.8) is 0 Å². The minimum Gasteiger partial charge on any atom is -0.333 e. The Morgan fingerprint density at radius 3 is 0.400 bits per heavy atom. The molecule has 0 rings (SSSR count). The molecule has 232 valence electrons. The van der Waals surface area contributed by atoms with Crippen molar-refractivity contribution in [2.24, 2.45) is 32.5 Å². The number of carbonyl (C=O) groups excluding carboxylic acids is 6. The van der Waals surface area contributed by atoms with Crippen LogP contribution in [0.25, 0.3) is 0 Å². The average Bonchev–Trinajstić information content (AvgIpc) is 2.64. The molecule has 0 aliphatic carbocycles. The maximum absolute atomic E-state index is 11.4. The molecule has 0 heterocycles. The van der Waals surface area contributed by atoms with E-state index in [9.17, 15) is 28.8 Å². The molecule has 0 aromatic heterocycles. The summed E-state index contributed by atoms with van der Waals surface area (Å²) in [6, 6.07) is 0. The van der Waals surface area contributed by atoms with Crippen LogP contribution in [0.15, 0.2) is 0 Å². The summed E-state index contributed by atoms with van der Waals surface area (Å²) in [5.74, 6) is -0.625. The summed E-state index contributed by atoms with van der Waals surface area (Å²) in [6.07, 6.45) is 3.67. The maximum Gasteiger partial charge on any atom is 3.00 e. The first-order valence-electron chi connectivity index (χ1n) is 13.5. The van der Waals surface area contributed by atoms with Crippen LogP contribution in [0.4, 0.5) is 0 Å². The SMILES string of the molecule is CC(C)(C)C(=O)[CH-]C(=O)C(C)(C)C.CC(C)(C)C(=O)[CH-]C(=O)C(C)(C)C.CC(C)(C)C(=O)[CH-]C(=O)C(C)(C)C.[Mn+3]. The van der Waals surface area contributed by atoms with Crippen LogP contribution in [0.3, 0.4) is 0 Å². The standard InChI is InChI=1S/3C11H19O2.Mn/c3*1-10(2,3)8(12)7-9(13)11(4,5)6;/h3*7H,1-6H3;/q3*-1;+3. The summed E-state index contributed by atoms with van der Waals surface area (Å²) in [6.45, 7) is 32.5. The number of rotatable bonds is 6. The normalized spacial score (nSPS) is 12.2. The van der Waals surface area contributed by atoms with Crippen molar-refractivity contribution in [2.45, 2.75) is 125 Å². The van der Waals surface area contributed by atoms with Gasteiger partial charge in [0, 0.05) is 34.7 Å². The molecule has 0 aliphatic rings. The summed E-state index contributed by atoms with van der Waals surface area (Å²) < 4.78 is 0. The third-order valence-corrected chi connectivity index (χ3v) is 5.22. The van der Waals surface area contributed by atoms with E-state index in [4.69, 9.17) is 0 Å². The first kappa shape index (κ1) is 45.1. The molecule has 0 atom stereocenters. The molecule has 0 aliphatic heterocycles. The minimum absolute atomic E-state index is 0. The van der Waals surface area contributed by atoms with E-state index in [1.54, 1.807) is 0 Å². The van der Waals surface area contributed by atoms with E-state index in [2.05, 4.69) is 0 Å². The van der Waals surface area contributed by atoms with Gasteiger partial charge in [-0.25, -0.2) is 0 Å². The van der Waals surface area contributed by atoms with Gasteiger partial charge in [0.15, 0.2) is 0 Å². The largest absolute Gasteiger partial charge is 3.00 e. The van der Waals surface area contributed by atoms with Crippen LogP contribution >= 0.6 is 0 Å². The Hall–Kier alpha value is -1.85. The van der Waals surface area contributed by atoms with Crippen molar-refractivity contribution < 1.29 is 45.8 Å². The number of hydrogen-bond acceptors (Lipinski definition) is 6. The van der Waals surface area contributed by atoms with E-state index in [1.807, 2.05) is 125 Å². The molecule has 0 unspecified atom stereocenters. The first-order chi connectivity index (χ1) is 16.6. The van der Waals surface area contributed by atoms with E-state index in [-0.39, 0.29) is 51.8 Å². The van der Waals surface area contributed by atoms with Gasteiger partial charge in [0.25, 0.3) is 0 Å². The monoisotopic (exact) mass is 604 g/mol. The van der Waals surface area contributed by atoms with Crippen LogP contribution in [-0.4, -0.2) is 34.7 Å². The molecule has 0 radical (unpaired) electrons. The van der Waals surface area contributed by atoms with Crippen molar-refractivity contribution in [1.29, 1.82) is 0 Å². The summed E-state index contributed by atoms with van der Waals surface area (Å²) in [7, 11) is 0. The van der Waals surface area contributed by atoms with Gasteiger partial charge in [-0.3, -0.25) is 19.3 Å². The zero-order chi connectivity index (χ0) is 32.6. The predicted molar refractivity (Wildman–Crippen MR) is 160 cm³/mol. The van der Waals surface area contributed by atoms with Crippen molar-refractivity contribution in [3.05, 3.63) is 19.3 Å². The fourth-order valence-electron chi connectivity index (χ4n) is 1.66. The van der Waals surface area contributed by atoms with Gasteiger partial charge < -0.3 is 28.8 Å². The topological polar surface area (TPSA) is 102 Å². The average molecular weight is 605 g/mol. The van der Waals surface area contributed by atoms with Gasteiger partial charge in [-0.05, 0) is 32.5 Å². The van der Waals surface area contributed by atoms with Crippen LogP contribution in [0.1, 0.15) is 125 Å². The molecule has 0 amide bonds. The van der Waals surface area contributed by atoms with E-state index < -0.39 is 32.5 Å². The van der Waals surface area contributed by atoms with E-state index in [0.717, 1.165) is 0 Å². The van der Waals surface area contributed by atoms with Gasteiger partial charge in [0.1, 0.15) is 0 Å². The molecular weight excluding hydrogens is 547 g/mol. The second-order valence-electron chi connectivity index (χ2n) is 16.1. The Kier molecular flexibility index (Phi) is 18.0. The van der Waals surface area contributed by atoms with Gasteiger partial charge in [0.05, 0.1) is 0 Å². The van der Waals surface area contributed by atoms with E-state index in [0.29, 0.717) is 0 Å². The van der Waals surface area contributed by atoms with Crippen LogP contribution in [-0.2, 0) is 45.8 Å². The summed E-state index contributed by atoms with van der Waals surface area (Å²) in [4.78, 5) is 68.7. The fraction of sp³-hybridized carbons (Fsp3) is 0.727. The second-order valence-corrected chi connectivity index (χ2v) is 16.1. The summed E-state index contributed by atoms with van der Waals surface area (Å²) in [5.41, 5.74) is -2.74. The van der Waals surface area contributed by atoms with Crippen LogP contribution < -0.4 is 0 Å². The van der Waals surface area contributed by atoms with Crippen molar-refractivity contribution >= 4 is 34.7 Å². The van der Waals surface area contributed by atoms with Gasteiger partial charge in [-0.1, -0.05) is 125 Å². The molecule has 0 saturated heterocycles. The third-order valence-electron chi connectivity index (χ3n) is 5.22. The molecular formula is C33H57MnO6. The number of Topliss-reactive ketones (excluding diaryl/α,β-unsaturated/α-hetero) is 6. The number of ketones is 6. The third kappa shape index (κ3) is 21.0.